The Balaban J connectivity index is 0.00000400. The first-order valence-electron chi connectivity index (χ1n) is 6.81. The van der Waals surface area contributed by atoms with Crippen LogP contribution < -0.4 is 15.8 Å². The highest BCUT2D eigenvalue weighted by atomic mass is 35.5. The fourth-order valence-corrected chi connectivity index (χ4v) is 2.58. The third-order valence-electron chi connectivity index (χ3n) is 2.83. The van der Waals surface area contributed by atoms with Crippen molar-refractivity contribution in [1.82, 2.24) is 5.32 Å². The first-order chi connectivity index (χ1) is 9.55. The molecule has 3 N–H and O–H groups in total. The maximum absolute atomic E-state index is 11.9. The van der Waals surface area contributed by atoms with Gasteiger partial charge in [-0.05, 0) is 36.6 Å². The molecule has 1 unspecified atom stereocenters. The van der Waals surface area contributed by atoms with Gasteiger partial charge in [0.2, 0.25) is 5.91 Å². The zero-order valence-electron chi connectivity index (χ0n) is 12.8. The molecule has 0 aliphatic rings. The summed E-state index contributed by atoms with van der Waals surface area (Å²) in [6.45, 7) is 4.74. The van der Waals surface area contributed by atoms with E-state index in [1.807, 2.05) is 24.3 Å². The fraction of sp³-hybridized carbons (Fsp3) is 0.533. The second-order valence-corrected chi connectivity index (χ2v) is 6.14. The average molecular weight is 333 g/mol. The van der Waals surface area contributed by atoms with E-state index in [0.717, 1.165) is 17.1 Å². The minimum atomic E-state index is 0. The number of thioether (sulfide) groups is 1. The Kier molecular flexibility index (Phi) is 10.3. The van der Waals surface area contributed by atoms with E-state index in [1.165, 1.54) is 11.8 Å². The minimum Gasteiger partial charge on any atom is -0.497 e. The summed E-state index contributed by atoms with van der Waals surface area (Å²) in [6.07, 6.45) is 0.912. The zero-order valence-corrected chi connectivity index (χ0v) is 14.4. The lowest BCUT2D eigenvalue weighted by Crippen LogP contribution is -2.41. The van der Waals surface area contributed by atoms with Crippen LogP contribution in [-0.2, 0) is 4.79 Å². The first-order valence-corrected chi connectivity index (χ1v) is 7.80. The van der Waals surface area contributed by atoms with E-state index < -0.39 is 0 Å². The standard InChI is InChI=1S/C15H24N2O2S.ClH/c1-11(2)8-12(9-16)17-15(18)10-20-14-6-4-13(19-3)5-7-14;/h4-7,11-12H,8-10,16H2,1-3H3,(H,17,18);1H. The molecule has 120 valence electrons. The van der Waals surface area contributed by atoms with Gasteiger partial charge in [-0.15, -0.1) is 24.2 Å². The molecule has 1 atom stereocenters. The van der Waals surface area contributed by atoms with Gasteiger partial charge in [0.05, 0.1) is 12.9 Å². The van der Waals surface area contributed by atoms with Gasteiger partial charge < -0.3 is 15.8 Å². The van der Waals surface area contributed by atoms with Crippen LogP contribution in [0.25, 0.3) is 0 Å². The van der Waals surface area contributed by atoms with Crippen molar-refractivity contribution in [3.05, 3.63) is 24.3 Å². The van der Waals surface area contributed by atoms with Gasteiger partial charge in [0.15, 0.2) is 0 Å². The number of carbonyl (C=O) groups excluding carboxylic acids is 1. The summed E-state index contributed by atoms with van der Waals surface area (Å²) < 4.78 is 5.10. The van der Waals surface area contributed by atoms with Crippen molar-refractivity contribution < 1.29 is 9.53 Å². The number of ether oxygens (including phenoxy) is 1. The fourth-order valence-electron chi connectivity index (χ4n) is 1.87. The molecule has 0 aliphatic carbocycles. The molecule has 0 aromatic heterocycles. The van der Waals surface area contributed by atoms with Crippen LogP contribution in [0.5, 0.6) is 5.75 Å². The molecule has 0 aliphatic heterocycles. The molecule has 0 bridgehead atoms. The highest BCUT2D eigenvalue weighted by molar-refractivity contribution is 8.00. The SMILES string of the molecule is COc1ccc(SCC(=O)NC(CN)CC(C)C)cc1.Cl. The number of halogens is 1. The number of hydrogen-bond acceptors (Lipinski definition) is 4. The first kappa shape index (κ1) is 20.1. The third-order valence-corrected chi connectivity index (χ3v) is 3.85. The van der Waals surface area contributed by atoms with Gasteiger partial charge in [0, 0.05) is 17.5 Å². The molecule has 4 nitrogen and oxygen atoms in total. The number of amides is 1. The molecule has 21 heavy (non-hydrogen) atoms. The van der Waals surface area contributed by atoms with Crippen molar-refractivity contribution in [2.45, 2.75) is 31.2 Å². The van der Waals surface area contributed by atoms with Crippen molar-refractivity contribution in [3.8, 4) is 5.75 Å². The Morgan fingerprint density at radius 3 is 2.43 bits per heavy atom. The smallest absolute Gasteiger partial charge is 0.230 e. The lowest BCUT2D eigenvalue weighted by molar-refractivity contribution is -0.119. The Morgan fingerprint density at radius 2 is 1.95 bits per heavy atom. The van der Waals surface area contributed by atoms with E-state index in [-0.39, 0.29) is 24.4 Å². The number of nitrogens with one attached hydrogen (secondary N) is 1. The molecule has 0 radical (unpaired) electrons. The van der Waals surface area contributed by atoms with E-state index >= 15 is 0 Å². The van der Waals surface area contributed by atoms with Gasteiger partial charge in [-0.25, -0.2) is 0 Å². The van der Waals surface area contributed by atoms with Crippen LogP contribution in [0.1, 0.15) is 20.3 Å². The molecule has 0 heterocycles. The van der Waals surface area contributed by atoms with E-state index in [2.05, 4.69) is 19.2 Å². The summed E-state index contributed by atoms with van der Waals surface area (Å²) in [4.78, 5) is 12.9. The molecular weight excluding hydrogens is 308 g/mol. The van der Waals surface area contributed by atoms with Crippen LogP contribution in [0.2, 0.25) is 0 Å². The Hall–Kier alpha value is -0.910. The maximum Gasteiger partial charge on any atom is 0.230 e. The van der Waals surface area contributed by atoms with E-state index in [4.69, 9.17) is 10.5 Å². The number of carbonyl (C=O) groups is 1. The lowest BCUT2D eigenvalue weighted by Gasteiger charge is -2.18. The third kappa shape index (κ3) is 8.19. The highest BCUT2D eigenvalue weighted by Crippen LogP contribution is 2.21. The van der Waals surface area contributed by atoms with E-state index in [1.54, 1.807) is 7.11 Å². The number of hydrogen-bond donors (Lipinski definition) is 2. The number of benzene rings is 1. The van der Waals surface area contributed by atoms with Gasteiger partial charge in [-0.1, -0.05) is 13.8 Å². The van der Waals surface area contributed by atoms with Gasteiger partial charge in [-0.3, -0.25) is 4.79 Å². The van der Waals surface area contributed by atoms with Crippen molar-refractivity contribution in [2.24, 2.45) is 11.7 Å². The molecule has 0 spiro atoms. The number of rotatable bonds is 8. The summed E-state index contributed by atoms with van der Waals surface area (Å²) in [6, 6.07) is 7.75. The quantitative estimate of drug-likeness (QED) is 0.718. The van der Waals surface area contributed by atoms with Gasteiger partial charge in [0.1, 0.15) is 5.75 Å². The Morgan fingerprint density at radius 1 is 1.33 bits per heavy atom. The summed E-state index contributed by atoms with van der Waals surface area (Å²) >= 11 is 1.51. The molecule has 1 aromatic rings. The summed E-state index contributed by atoms with van der Waals surface area (Å²) in [5.41, 5.74) is 5.67. The van der Waals surface area contributed by atoms with Crippen LogP contribution in [0.4, 0.5) is 0 Å². The van der Waals surface area contributed by atoms with Gasteiger partial charge >= 0.3 is 0 Å². The summed E-state index contributed by atoms with van der Waals surface area (Å²) in [5, 5.41) is 2.98. The normalized spacial score (nSPS) is 11.7. The molecule has 0 fully saturated rings. The monoisotopic (exact) mass is 332 g/mol. The van der Waals surface area contributed by atoms with Crippen molar-refractivity contribution in [3.63, 3.8) is 0 Å². The lowest BCUT2D eigenvalue weighted by atomic mass is 10.0. The summed E-state index contributed by atoms with van der Waals surface area (Å²) in [5.74, 6) is 1.78. The molecule has 0 saturated carbocycles. The average Bonchev–Trinajstić information content (AvgIpc) is 2.44. The topological polar surface area (TPSA) is 64.3 Å². The highest BCUT2D eigenvalue weighted by Gasteiger charge is 2.12. The van der Waals surface area contributed by atoms with Gasteiger partial charge in [0.25, 0.3) is 0 Å². The van der Waals surface area contributed by atoms with Crippen LogP contribution in [0.15, 0.2) is 29.2 Å². The van der Waals surface area contributed by atoms with Crippen LogP contribution in [-0.4, -0.2) is 31.4 Å². The molecule has 6 heteroatoms. The summed E-state index contributed by atoms with van der Waals surface area (Å²) in [7, 11) is 1.64. The second-order valence-electron chi connectivity index (χ2n) is 5.09. The molecule has 0 saturated heterocycles. The van der Waals surface area contributed by atoms with Crippen LogP contribution >= 0.6 is 24.2 Å². The number of nitrogens with two attached hydrogens (primary N) is 1. The predicted octanol–water partition coefficient (Wildman–Crippen LogP) is 2.70. The largest absolute Gasteiger partial charge is 0.497 e. The molecular formula is C15H25ClN2O2S. The van der Waals surface area contributed by atoms with E-state index in [0.29, 0.717) is 18.2 Å². The predicted molar refractivity (Wildman–Crippen MR) is 91.4 cm³/mol. The zero-order chi connectivity index (χ0) is 15.0. The van der Waals surface area contributed by atoms with Crippen molar-refractivity contribution >= 4 is 30.1 Å². The Labute approximate surface area is 137 Å². The molecule has 1 aromatic carbocycles. The second kappa shape index (κ2) is 10.8. The molecule has 1 amide bonds. The molecule has 1 rings (SSSR count). The minimum absolute atomic E-state index is 0. The van der Waals surface area contributed by atoms with Crippen LogP contribution in [0, 0.1) is 5.92 Å². The van der Waals surface area contributed by atoms with Crippen molar-refractivity contribution in [2.75, 3.05) is 19.4 Å². The van der Waals surface area contributed by atoms with Crippen molar-refractivity contribution in [1.29, 1.82) is 0 Å². The maximum atomic E-state index is 11.9. The van der Waals surface area contributed by atoms with Crippen LogP contribution in [0.3, 0.4) is 0 Å². The Bertz CT molecular complexity index is 413. The van der Waals surface area contributed by atoms with Gasteiger partial charge in [-0.2, -0.15) is 0 Å². The number of methoxy groups -OCH3 is 1. The van der Waals surface area contributed by atoms with E-state index in [9.17, 15) is 4.79 Å².